The van der Waals surface area contributed by atoms with Gasteiger partial charge in [0.15, 0.2) is 5.96 Å². The normalized spacial score (nSPS) is 11.0. The first-order valence-electron chi connectivity index (χ1n) is 7.48. The molecule has 0 saturated heterocycles. The van der Waals surface area contributed by atoms with E-state index in [1.807, 2.05) is 12.1 Å². The Hall–Kier alpha value is -0.760. The molecule has 5 nitrogen and oxygen atoms in total. The number of nitrogens with zero attached hydrogens (tertiary/aromatic N) is 2. The largest absolute Gasteiger partial charge is 0.385 e. The van der Waals surface area contributed by atoms with Gasteiger partial charge in [0.2, 0.25) is 0 Å². The molecule has 0 aromatic carbocycles. The second-order valence-corrected chi connectivity index (χ2v) is 4.66. The first-order chi connectivity index (χ1) is 9.86. The number of aromatic nitrogens is 1. The van der Waals surface area contributed by atoms with Crippen molar-refractivity contribution < 1.29 is 4.74 Å². The minimum absolute atomic E-state index is 0. The van der Waals surface area contributed by atoms with Crippen LogP contribution in [0.15, 0.2) is 29.5 Å². The zero-order valence-electron chi connectivity index (χ0n) is 13.2. The van der Waals surface area contributed by atoms with Gasteiger partial charge in [0.1, 0.15) is 0 Å². The number of methoxy groups -OCH3 is 1. The molecule has 122 valence electrons. The van der Waals surface area contributed by atoms with Crippen molar-refractivity contribution in [1.29, 1.82) is 0 Å². The highest BCUT2D eigenvalue weighted by molar-refractivity contribution is 14.0. The molecule has 0 aliphatic carbocycles. The highest BCUT2D eigenvalue weighted by Gasteiger charge is 1.96. The lowest BCUT2D eigenvalue weighted by atomic mass is 10.2. The molecule has 1 heterocycles. The Kier molecular flexibility index (Phi) is 13.7. The van der Waals surface area contributed by atoms with E-state index in [0.717, 1.165) is 51.6 Å². The minimum atomic E-state index is 0. The van der Waals surface area contributed by atoms with Crippen LogP contribution in [0.1, 0.15) is 26.2 Å². The molecule has 0 unspecified atom stereocenters. The van der Waals surface area contributed by atoms with E-state index >= 15 is 0 Å². The highest BCUT2D eigenvalue weighted by Crippen LogP contribution is 1.95. The van der Waals surface area contributed by atoms with Gasteiger partial charge >= 0.3 is 0 Å². The number of halogens is 1. The van der Waals surface area contributed by atoms with Crippen LogP contribution >= 0.6 is 24.0 Å². The fraction of sp³-hybridized carbons (Fsp3) is 0.667. The second kappa shape index (κ2) is 14.2. The molecule has 1 aromatic rings. The number of hydrogen-bond acceptors (Lipinski definition) is 2. The number of nitrogens with one attached hydrogen (secondary N) is 2. The molecule has 0 saturated carbocycles. The van der Waals surface area contributed by atoms with E-state index in [-0.39, 0.29) is 24.0 Å². The minimum Gasteiger partial charge on any atom is -0.385 e. The van der Waals surface area contributed by atoms with Crippen molar-refractivity contribution in [3.8, 4) is 0 Å². The highest BCUT2D eigenvalue weighted by atomic mass is 127. The SMILES string of the molecule is CCNC(=NCCCCCOC)NCCn1cccc1.I. The summed E-state index contributed by atoms with van der Waals surface area (Å²) >= 11 is 0. The van der Waals surface area contributed by atoms with Gasteiger partial charge in [-0.2, -0.15) is 0 Å². The Balaban J connectivity index is 0.00000400. The summed E-state index contributed by atoms with van der Waals surface area (Å²) in [5.74, 6) is 0.909. The summed E-state index contributed by atoms with van der Waals surface area (Å²) in [7, 11) is 1.75. The Morgan fingerprint density at radius 2 is 1.90 bits per heavy atom. The molecule has 6 heteroatoms. The summed E-state index contributed by atoms with van der Waals surface area (Å²) < 4.78 is 7.19. The third kappa shape index (κ3) is 10.6. The third-order valence-electron chi connectivity index (χ3n) is 2.95. The third-order valence-corrected chi connectivity index (χ3v) is 2.95. The number of ether oxygens (including phenoxy) is 1. The van der Waals surface area contributed by atoms with Crippen molar-refractivity contribution >= 4 is 29.9 Å². The van der Waals surface area contributed by atoms with Crippen LogP contribution in [-0.4, -0.2) is 43.9 Å². The van der Waals surface area contributed by atoms with Crippen molar-refractivity contribution in [2.75, 3.05) is 33.4 Å². The van der Waals surface area contributed by atoms with Crippen molar-refractivity contribution in [2.45, 2.75) is 32.7 Å². The fourth-order valence-electron chi connectivity index (χ4n) is 1.89. The van der Waals surface area contributed by atoms with Crippen molar-refractivity contribution in [3.05, 3.63) is 24.5 Å². The molecule has 0 radical (unpaired) electrons. The van der Waals surface area contributed by atoms with Gasteiger partial charge in [-0.05, 0) is 38.3 Å². The zero-order chi connectivity index (χ0) is 14.5. The summed E-state index contributed by atoms with van der Waals surface area (Å²) in [6.45, 7) is 6.51. The standard InChI is InChI=1S/C15H28N4O.HI/c1-3-16-15(17-9-5-4-8-14-20-2)18-10-13-19-11-6-7-12-19;/h6-7,11-12H,3-5,8-10,13-14H2,1-2H3,(H2,16,17,18);1H. The average molecular weight is 408 g/mol. The Morgan fingerprint density at radius 1 is 1.14 bits per heavy atom. The predicted octanol–water partition coefficient (Wildman–Crippen LogP) is 2.48. The maximum absolute atomic E-state index is 5.03. The van der Waals surface area contributed by atoms with Crippen molar-refractivity contribution in [1.82, 2.24) is 15.2 Å². The van der Waals surface area contributed by atoms with E-state index in [0.29, 0.717) is 0 Å². The van der Waals surface area contributed by atoms with E-state index in [9.17, 15) is 0 Å². The molecule has 0 aliphatic heterocycles. The van der Waals surface area contributed by atoms with Crippen LogP contribution in [0.5, 0.6) is 0 Å². The van der Waals surface area contributed by atoms with Gasteiger partial charge in [-0.3, -0.25) is 4.99 Å². The number of rotatable bonds is 10. The first-order valence-corrected chi connectivity index (χ1v) is 7.48. The Morgan fingerprint density at radius 3 is 2.57 bits per heavy atom. The van der Waals surface area contributed by atoms with Crippen molar-refractivity contribution in [3.63, 3.8) is 0 Å². The lowest BCUT2D eigenvalue weighted by Gasteiger charge is -2.11. The van der Waals surface area contributed by atoms with Gasteiger partial charge < -0.3 is 19.9 Å². The summed E-state index contributed by atoms with van der Waals surface area (Å²) in [6.07, 6.45) is 7.53. The van der Waals surface area contributed by atoms with Gasteiger partial charge in [0.25, 0.3) is 0 Å². The van der Waals surface area contributed by atoms with Gasteiger partial charge in [0.05, 0.1) is 0 Å². The molecule has 0 fully saturated rings. The molecule has 0 bridgehead atoms. The second-order valence-electron chi connectivity index (χ2n) is 4.66. The molecular weight excluding hydrogens is 379 g/mol. The smallest absolute Gasteiger partial charge is 0.191 e. The van der Waals surface area contributed by atoms with Gasteiger partial charge in [-0.25, -0.2) is 0 Å². The molecule has 0 aliphatic rings. The number of unbranched alkanes of at least 4 members (excludes halogenated alkanes) is 2. The fourth-order valence-corrected chi connectivity index (χ4v) is 1.89. The summed E-state index contributed by atoms with van der Waals surface area (Å²) in [6, 6.07) is 4.08. The van der Waals surface area contributed by atoms with E-state index in [4.69, 9.17) is 4.74 Å². The van der Waals surface area contributed by atoms with Crippen LogP contribution in [-0.2, 0) is 11.3 Å². The molecule has 0 spiro atoms. The van der Waals surface area contributed by atoms with Crippen LogP contribution in [0.3, 0.4) is 0 Å². The lowest BCUT2D eigenvalue weighted by Crippen LogP contribution is -2.38. The van der Waals surface area contributed by atoms with Gasteiger partial charge in [-0.1, -0.05) is 0 Å². The Labute approximate surface area is 145 Å². The summed E-state index contributed by atoms with van der Waals surface area (Å²) in [4.78, 5) is 4.57. The quantitative estimate of drug-likeness (QED) is 0.271. The molecule has 2 N–H and O–H groups in total. The Bertz CT molecular complexity index is 355. The molecule has 21 heavy (non-hydrogen) atoms. The van der Waals surface area contributed by atoms with Crippen LogP contribution in [0.4, 0.5) is 0 Å². The number of hydrogen-bond donors (Lipinski definition) is 2. The first kappa shape index (κ1) is 20.2. The van der Waals surface area contributed by atoms with E-state index in [1.165, 1.54) is 6.42 Å². The maximum Gasteiger partial charge on any atom is 0.191 e. The van der Waals surface area contributed by atoms with E-state index in [1.54, 1.807) is 7.11 Å². The molecule has 1 aromatic heterocycles. The summed E-state index contributed by atoms with van der Waals surface area (Å²) in [5.41, 5.74) is 0. The average Bonchev–Trinajstić information content (AvgIpc) is 2.96. The zero-order valence-corrected chi connectivity index (χ0v) is 15.5. The predicted molar refractivity (Wildman–Crippen MR) is 99.6 cm³/mol. The lowest BCUT2D eigenvalue weighted by molar-refractivity contribution is 0.192. The molecular formula is C15H29IN4O. The molecule has 1 rings (SSSR count). The monoisotopic (exact) mass is 408 g/mol. The molecule has 0 amide bonds. The topological polar surface area (TPSA) is 50.6 Å². The van der Waals surface area contributed by atoms with Gasteiger partial charge in [-0.15, -0.1) is 24.0 Å². The van der Waals surface area contributed by atoms with E-state index < -0.39 is 0 Å². The summed E-state index contributed by atoms with van der Waals surface area (Å²) in [5, 5.41) is 6.62. The molecule has 0 atom stereocenters. The maximum atomic E-state index is 5.03. The van der Waals surface area contributed by atoms with Crippen LogP contribution in [0.25, 0.3) is 0 Å². The van der Waals surface area contributed by atoms with Crippen LogP contribution in [0.2, 0.25) is 0 Å². The number of aliphatic imine (C=N–C) groups is 1. The van der Waals surface area contributed by atoms with Crippen molar-refractivity contribution in [2.24, 2.45) is 4.99 Å². The van der Waals surface area contributed by atoms with Gasteiger partial charge in [0, 0.05) is 52.3 Å². The van der Waals surface area contributed by atoms with Crippen LogP contribution in [0, 0.1) is 0 Å². The number of guanidine groups is 1. The van der Waals surface area contributed by atoms with Crippen LogP contribution < -0.4 is 10.6 Å². The van der Waals surface area contributed by atoms with E-state index in [2.05, 4.69) is 39.5 Å².